The zero-order chi connectivity index (χ0) is 27.0. The van der Waals surface area contributed by atoms with E-state index < -0.39 is 27.4 Å². The van der Waals surface area contributed by atoms with Gasteiger partial charge in [0.15, 0.2) is 4.80 Å². The van der Waals surface area contributed by atoms with Crippen LogP contribution in [0, 0.1) is 27.2 Å². The summed E-state index contributed by atoms with van der Waals surface area (Å²) >= 11 is 7.23. The van der Waals surface area contributed by atoms with Crippen LogP contribution in [0.4, 0.5) is 11.4 Å². The summed E-state index contributed by atoms with van der Waals surface area (Å²) in [6.07, 6.45) is 1.41. The van der Waals surface area contributed by atoms with E-state index in [9.17, 15) is 29.8 Å². The molecule has 190 valence electrons. The molecule has 0 radical (unpaired) electrons. The van der Waals surface area contributed by atoms with E-state index in [-0.39, 0.29) is 43.5 Å². The summed E-state index contributed by atoms with van der Waals surface area (Å²) in [5, 5.41) is 23.0. The van der Waals surface area contributed by atoms with Crippen LogP contribution in [0.1, 0.15) is 36.6 Å². The van der Waals surface area contributed by atoms with Crippen LogP contribution >= 0.6 is 22.9 Å². The SMILES string of the molecule is CCOC(=O)C1=C(C)N=c2s/c(=C/c3cc([N+](=O)[O-])ccc3Cl)c(=O)n2[C@@H]1c1ccc(C)c([N+](=O)[O-])c1. The number of nitrogens with zero attached hydrogens (tertiary/aromatic N) is 4. The highest BCUT2D eigenvalue weighted by Gasteiger charge is 2.34. The van der Waals surface area contributed by atoms with Gasteiger partial charge in [0.1, 0.15) is 0 Å². The van der Waals surface area contributed by atoms with Gasteiger partial charge in [0.05, 0.1) is 38.3 Å². The summed E-state index contributed by atoms with van der Waals surface area (Å²) in [6, 6.07) is 7.30. The lowest BCUT2D eigenvalue weighted by Crippen LogP contribution is -2.40. The van der Waals surface area contributed by atoms with E-state index in [1.54, 1.807) is 32.9 Å². The smallest absolute Gasteiger partial charge is 0.338 e. The van der Waals surface area contributed by atoms with E-state index in [4.69, 9.17) is 16.3 Å². The predicted molar refractivity (Wildman–Crippen MR) is 136 cm³/mol. The van der Waals surface area contributed by atoms with Crippen molar-refractivity contribution in [1.82, 2.24) is 4.57 Å². The van der Waals surface area contributed by atoms with E-state index in [1.165, 1.54) is 34.9 Å². The largest absolute Gasteiger partial charge is 0.463 e. The first kappa shape index (κ1) is 25.9. The Bertz CT molecular complexity index is 1690. The standard InChI is InChI=1S/C24H19ClN4O7S/c1-4-36-23(31)20-13(3)26-24-27(21(20)14-6-5-12(2)18(10-14)29(34)35)22(30)19(37-24)11-15-9-16(28(32)33)7-8-17(15)25/h5-11,21H,4H2,1-3H3/b19-11+/t21-/m1/s1. The first-order valence-corrected chi connectivity index (χ1v) is 12.1. The number of hydrogen-bond acceptors (Lipinski definition) is 9. The molecule has 37 heavy (non-hydrogen) atoms. The van der Waals surface area contributed by atoms with Crippen molar-refractivity contribution in [3.63, 3.8) is 0 Å². The lowest BCUT2D eigenvalue weighted by atomic mass is 9.94. The number of allylic oxidation sites excluding steroid dienone is 1. The minimum atomic E-state index is -1.04. The molecule has 0 N–H and O–H groups in total. The number of aryl methyl sites for hydroxylation is 1. The van der Waals surface area contributed by atoms with Gasteiger partial charge in [0.25, 0.3) is 16.9 Å². The van der Waals surface area contributed by atoms with Crippen LogP contribution in [-0.4, -0.2) is 27.0 Å². The van der Waals surface area contributed by atoms with Crippen LogP contribution in [0.5, 0.6) is 0 Å². The maximum atomic E-state index is 13.6. The van der Waals surface area contributed by atoms with Crippen LogP contribution in [0.25, 0.3) is 6.08 Å². The molecule has 0 aliphatic carbocycles. The number of thiazole rings is 1. The molecule has 11 nitrogen and oxygen atoms in total. The number of ether oxygens (including phenoxy) is 1. The molecule has 1 aromatic heterocycles. The van der Waals surface area contributed by atoms with Gasteiger partial charge in [0, 0.05) is 34.3 Å². The molecule has 1 aliphatic heterocycles. The average Bonchev–Trinajstić information content (AvgIpc) is 3.14. The van der Waals surface area contributed by atoms with Crippen LogP contribution in [0.2, 0.25) is 5.02 Å². The van der Waals surface area contributed by atoms with Crippen LogP contribution in [0.3, 0.4) is 0 Å². The first-order valence-electron chi connectivity index (χ1n) is 10.9. The van der Waals surface area contributed by atoms with Gasteiger partial charge in [-0.15, -0.1) is 0 Å². The van der Waals surface area contributed by atoms with Gasteiger partial charge in [-0.1, -0.05) is 35.1 Å². The summed E-state index contributed by atoms with van der Waals surface area (Å²) < 4.78 is 6.65. The highest BCUT2D eigenvalue weighted by atomic mass is 35.5. The second-order valence-corrected chi connectivity index (χ2v) is 9.48. The number of hydrogen-bond donors (Lipinski definition) is 0. The molecule has 1 aliphatic rings. The zero-order valence-corrected chi connectivity index (χ0v) is 21.3. The number of carbonyl (C=O) groups is 1. The highest BCUT2D eigenvalue weighted by molar-refractivity contribution is 7.07. The van der Waals surface area contributed by atoms with E-state index >= 15 is 0 Å². The molecule has 0 bridgehead atoms. The van der Waals surface area contributed by atoms with Crippen molar-refractivity contribution in [2.45, 2.75) is 26.8 Å². The number of nitro groups is 2. The van der Waals surface area contributed by atoms with Gasteiger partial charge in [-0.2, -0.15) is 0 Å². The Kier molecular flexibility index (Phi) is 7.05. The van der Waals surface area contributed by atoms with Gasteiger partial charge >= 0.3 is 5.97 Å². The number of nitro benzene ring substituents is 2. The Morgan fingerprint density at radius 3 is 2.57 bits per heavy atom. The van der Waals surface area contributed by atoms with Crippen molar-refractivity contribution in [2.75, 3.05) is 6.61 Å². The van der Waals surface area contributed by atoms with Crippen molar-refractivity contribution < 1.29 is 19.4 Å². The summed E-state index contributed by atoms with van der Waals surface area (Å²) in [4.78, 5) is 53.0. The third kappa shape index (κ3) is 4.80. The van der Waals surface area contributed by atoms with Crippen LogP contribution in [0.15, 0.2) is 57.5 Å². The van der Waals surface area contributed by atoms with E-state index in [2.05, 4.69) is 4.99 Å². The molecule has 2 aromatic carbocycles. The van der Waals surface area contributed by atoms with Crippen LogP contribution in [-0.2, 0) is 9.53 Å². The van der Waals surface area contributed by atoms with Gasteiger partial charge in [0.2, 0.25) is 0 Å². The number of rotatable bonds is 6. The fraction of sp³-hybridized carbons (Fsp3) is 0.208. The lowest BCUT2D eigenvalue weighted by molar-refractivity contribution is -0.385. The molecule has 0 unspecified atom stereocenters. The fourth-order valence-corrected chi connectivity index (χ4v) is 5.21. The van der Waals surface area contributed by atoms with Crippen LogP contribution < -0.4 is 14.9 Å². The summed E-state index contributed by atoms with van der Waals surface area (Å²) in [6.45, 7) is 4.89. The summed E-state index contributed by atoms with van der Waals surface area (Å²) in [7, 11) is 0. The number of fused-ring (bicyclic) bond motifs is 1. The molecule has 1 atom stereocenters. The number of halogens is 1. The van der Waals surface area contributed by atoms with Gasteiger partial charge in [-0.25, -0.2) is 9.79 Å². The molecule has 2 heterocycles. The first-order chi connectivity index (χ1) is 17.5. The normalized spacial score (nSPS) is 15.2. The molecule has 13 heteroatoms. The number of esters is 1. The molecule has 3 aromatic rings. The highest BCUT2D eigenvalue weighted by Crippen LogP contribution is 2.33. The molecule has 0 spiro atoms. The Labute approximate surface area is 217 Å². The molecular formula is C24H19ClN4O7S. The quantitative estimate of drug-likeness (QED) is 0.263. The molecule has 0 saturated carbocycles. The lowest BCUT2D eigenvalue weighted by Gasteiger charge is -2.24. The van der Waals surface area contributed by atoms with E-state index in [1.807, 2.05) is 0 Å². The number of aromatic nitrogens is 1. The maximum Gasteiger partial charge on any atom is 0.338 e. The molecular weight excluding hydrogens is 524 g/mol. The summed E-state index contributed by atoms with van der Waals surface area (Å²) in [5.74, 6) is -0.701. The minimum absolute atomic E-state index is 0.0755. The molecule has 4 rings (SSSR count). The van der Waals surface area contributed by atoms with Crippen molar-refractivity contribution in [2.24, 2.45) is 4.99 Å². The Morgan fingerprint density at radius 1 is 1.19 bits per heavy atom. The van der Waals surface area contributed by atoms with E-state index in [0.29, 0.717) is 16.8 Å². The van der Waals surface area contributed by atoms with Crippen molar-refractivity contribution in [3.05, 3.63) is 109 Å². The Hall–Kier alpha value is -4.16. The second-order valence-electron chi connectivity index (χ2n) is 8.07. The second kappa shape index (κ2) is 10.1. The van der Waals surface area contributed by atoms with Gasteiger partial charge in [-0.05, 0) is 38.5 Å². The van der Waals surface area contributed by atoms with E-state index in [0.717, 1.165) is 11.3 Å². The third-order valence-corrected chi connectivity index (χ3v) is 7.07. The molecule has 0 amide bonds. The van der Waals surface area contributed by atoms with Gasteiger partial charge in [-0.3, -0.25) is 29.6 Å². The number of carbonyl (C=O) groups excluding carboxylic acids is 1. The molecule has 0 saturated heterocycles. The zero-order valence-electron chi connectivity index (χ0n) is 19.8. The van der Waals surface area contributed by atoms with Gasteiger partial charge < -0.3 is 4.74 Å². The van der Waals surface area contributed by atoms with Crippen molar-refractivity contribution >= 4 is 46.4 Å². The topological polar surface area (TPSA) is 147 Å². The minimum Gasteiger partial charge on any atom is -0.463 e. The number of benzene rings is 2. The average molecular weight is 543 g/mol. The Balaban J connectivity index is 2.00. The number of non-ortho nitro benzene ring substituents is 1. The predicted octanol–water partition coefficient (Wildman–Crippen LogP) is 3.58. The third-order valence-electron chi connectivity index (χ3n) is 5.74. The fourth-order valence-electron chi connectivity index (χ4n) is 4.00. The van der Waals surface area contributed by atoms with Crippen molar-refractivity contribution in [3.8, 4) is 0 Å². The molecule has 0 fully saturated rings. The summed E-state index contributed by atoms with van der Waals surface area (Å²) in [5.41, 5.74) is 0.462. The maximum absolute atomic E-state index is 13.6. The monoisotopic (exact) mass is 542 g/mol. The Morgan fingerprint density at radius 2 is 1.92 bits per heavy atom. The van der Waals surface area contributed by atoms with Crippen molar-refractivity contribution in [1.29, 1.82) is 0 Å².